The number of carbonyl (C=O) groups is 1. The highest BCUT2D eigenvalue weighted by atomic mass is 16.8. The molecular formula is C54H88O24. The van der Waals surface area contributed by atoms with E-state index in [1.807, 2.05) is 6.92 Å². The second kappa shape index (κ2) is 22.4. The van der Waals surface area contributed by atoms with Crippen LogP contribution in [-0.4, -0.2) is 245 Å². The molecule has 4 heterocycles. The zero-order valence-corrected chi connectivity index (χ0v) is 45.4. The summed E-state index contributed by atoms with van der Waals surface area (Å²) in [5, 5.41) is 161. The van der Waals surface area contributed by atoms with Crippen LogP contribution in [0.1, 0.15) is 106 Å². The smallest absolute Gasteiger partial charge is 0.315 e. The molecule has 9 aliphatic rings. The molecule has 0 radical (unpaired) electrons. The van der Waals surface area contributed by atoms with Crippen molar-refractivity contribution in [2.24, 2.45) is 50.2 Å². The van der Waals surface area contributed by atoms with Gasteiger partial charge in [0.15, 0.2) is 18.9 Å². The van der Waals surface area contributed by atoms with Gasteiger partial charge in [-0.1, -0.05) is 53.2 Å². The fourth-order valence-corrected chi connectivity index (χ4v) is 16.5. The van der Waals surface area contributed by atoms with Crippen molar-refractivity contribution in [3.05, 3.63) is 11.6 Å². The zero-order valence-electron chi connectivity index (χ0n) is 45.4. The minimum atomic E-state index is -1.97. The summed E-state index contributed by atoms with van der Waals surface area (Å²) >= 11 is 0. The quantitative estimate of drug-likeness (QED) is 0.0494. The molecule has 0 spiro atoms. The van der Waals surface area contributed by atoms with Gasteiger partial charge in [0.05, 0.1) is 44.6 Å². The first-order chi connectivity index (χ1) is 36.6. The average molecular weight is 1120 g/mol. The highest BCUT2D eigenvalue weighted by Gasteiger charge is 2.71. The van der Waals surface area contributed by atoms with Gasteiger partial charge < -0.3 is 114 Å². The highest BCUT2D eigenvalue weighted by Crippen LogP contribution is 2.76. The number of carbonyl (C=O) groups excluding carboxylic acids is 1. The summed E-state index contributed by atoms with van der Waals surface area (Å²) in [6, 6.07) is 0. The van der Waals surface area contributed by atoms with Crippen molar-refractivity contribution in [1.29, 1.82) is 0 Å². The summed E-state index contributed by atoms with van der Waals surface area (Å²) in [7, 11) is 0. The molecule has 0 unspecified atom stereocenters. The van der Waals surface area contributed by atoms with Crippen LogP contribution in [0.4, 0.5) is 0 Å². The van der Waals surface area contributed by atoms with E-state index in [0.29, 0.717) is 51.4 Å². The maximum absolute atomic E-state index is 14.8. The Hall–Kier alpha value is -1.67. The van der Waals surface area contributed by atoms with Crippen LogP contribution in [0.15, 0.2) is 11.6 Å². The van der Waals surface area contributed by atoms with E-state index in [9.17, 15) is 81.4 Å². The Morgan fingerprint density at radius 1 is 0.526 bits per heavy atom. The Morgan fingerprint density at radius 2 is 1.01 bits per heavy atom. The fourth-order valence-electron chi connectivity index (χ4n) is 16.5. The van der Waals surface area contributed by atoms with E-state index in [2.05, 4.69) is 40.7 Å². The lowest BCUT2D eigenvalue weighted by atomic mass is 9.33. The van der Waals surface area contributed by atoms with E-state index in [4.69, 9.17) is 37.9 Å². The minimum absolute atomic E-state index is 0.0629. The third kappa shape index (κ3) is 9.76. The number of hydrogen-bond acceptors (Lipinski definition) is 24. The van der Waals surface area contributed by atoms with Gasteiger partial charge in [-0.05, 0) is 104 Å². The second-order valence-corrected chi connectivity index (χ2v) is 26.1. The van der Waals surface area contributed by atoms with Crippen molar-refractivity contribution in [2.75, 3.05) is 33.0 Å². The molecule has 5 aliphatic carbocycles. The van der Waals surface area contributed by atoms with Crippen LogP contribution >= 0.6 is 0 Å². The molecule has 24 nitrogen and oxygen atoms in total. The number of fused-ring (bicyclic) bond motifs is 7. The Kier molecular flexibility index (Phi) is 17.5. The SMILES string of the molecule is CC1(C)CC[C@]2(C(=O)O[C@@H]3O[C@H](CO)[C@@H](O)[C@H](O)[C@H]3O)CC[C@]3(C)C(=CC[C@@H]4[C@@]5(C)CC[C@H](O[C@@H]6O[C@H](CO)[C@@H](O)[C@H](O[C@@H]7O[C@H](CO)[C@@H](O)[C@H](O)[C@H]7O)[C@H]6O[C@@H]6O[C@H](CO)[C@@H](O)[C@H](O)[C@H]6O)[C@@](C)(CO)[C@@H]5CC[C@]43C)[C@@H]2C1. The molecule has 0 aromatic rings. The second-order valence-electron chi connectivity index (χ2n) is 26.1. The number of hydrogen-bond donors (Lipinski definition) is 15. The van der Waals surface area contributed by atoms with Crippen LogP contribution in [0.25, 0.3) is 0 Å². The van der Waals surface area contributed by atoms with E-state index >= 15 is 0 Å². The summed E-state index contributed by atoms with van der Waals surface area (Å²) in [5.74, 6) is -0.919. The van der Waals surface area contributed by atoms with Crippen LogP contribution in [0, 0.1) is 50.2 Å². The van der Waals surface area contributed by atoms with Crippen molar-refractivity contribution in [2.45, 2.75) is 235 Å². The van der Waals surface area contributed by atoms with Gasteiger partial charge in [-0.2, -0.15) is 0 Å². The van der Waals surface area contributed by atoms with Gasteiger partial charge in [-0.3, -0.25) is 4.79 Å². The molecule has 24 heteroatoms. The Labute approximate surface area is 453 Å². The van der Waals surface area contributed by atoms with Gasteiger partial charge in [0, 0.05) is 5.41 Å². The third-order valence-corrected chi connectivity index (χ3v) is 21.6. The first kappa shape index (κ1) is 60.9. The van der Waals surface area contributed by atoms with E-state index in [1.54, 1.807) is 0 Å². The van der Waals surface area contributed by atoms with Crippen molar-refractivity contribution in [3.8, 4) is 0 Å². The summed E-state index contributed by atoms with van der Waals surface area (Å²) in [5.41, 5.74) is -2.09. The monoisotopic (exact) mass is 1120 g/mol. The Balaban J connectivity index is 1.01. The van der Waals surface area contributed by atoms with Crippen molar-refractivity contribution in [3.63, 3.8) is 0 Å². The van der Waals surface area contributed by atoms with Crippen LogP contribution in [0.2, 0.25) is 0 Å². The molecule has 4 saturated carbocycles. The van der Waals surface area contributed by atoms with Crippen LogP contribution < -0.4 is 0 Å². The van der Waals surface area contributed by atoms with Crippen LogP contribution in [-0.2, 0) is 42.7 Å². The maximum Gasteiger partial charge on any atom is 0.315 e. The standard InChI is InChI=1S/C54H88O24/c1-49(2)13-15-54(48(70)78-46-41(69)38(66)34(62)27(20-57)73-46)16-14-52(5)23(24(54)17-49)7-8-30-50(3)11-10-31(51(4,22-59)29(50)9-12-53(30,52)6)75-47-43(77-45-40(68)37(65)33(61)26(19-56)72-45)42(35(63)28(21-58)74-47)76-44-39(67)36(64)32(60)25(18-55)71-44/h7,24-47,55-69H,8-22H2,1-6H3/t24-,25+,26+,27+,28+,29+,30+,31-,32+,33+,34+,35+,36-,37-,38-,39+,40+,41+,42-,43+,44-,45-,46-,47-,50-,51-,52+,53+,54-/m0/s1. The lowest BCUT2D eigenvalue weighted by Crippen LogP contribution is -2.69. The van der Waals surface area contributed by atoms with E-state index in [-0.39, 0.29) is 35.2 Å². The molecule has 0 bridgehead atoms. The van der Waals surface area contributed by atoms with Gasteiger partial charge in [0.2, 0.25) is 6.29 Å². The van der Waals surface area contributed by atoms with E-state index < -0.39 is 183 Å². The van der Waals surface area contributed by atoms with Crippen molar-refractivity contribution < 1.29 is 119 Å². The molecule has 15 N–H and O–H groups in total. The summed E-state index contributed by atoms with van der Waals surface area (Å²) in [4.78, 5) is 14.8. The summed E-state index contributed by atoms with van der Waals surface area (Å²) < 4.78 is 48.7. The van der Waals surface area contributed by atoms with Gasteiger partial charge in [0.25, 0.3) is 0 Å². The molecule has 4 saturated heterocycles. The molecule has 0 aromatic carbocycles. The first-order valence-electron chi connectivity index (χ1n) is 28.0. The highest BCUT2D eigenvalue weighted by molar-refractivity contribution is 5.79. The summed E-state index contributed by atoms with van der Waals surface area (Å²) in [6.07, 6.45) is -26.8. The lowest BCUT2D eigenvalue weighted by Gasteiger charge is -2.71. The number of allylic oxidation sites excluding steroid dienone is 2. The molecule has 78 heavy (non-hydrogen) atoms. The molecular weight excluding hydrogens is 1030 g/mol. The number of aliphatic hydroxyl groups excluding tert-OH is 15. The predicted molar refractivity (Wildman–Crippen MR) is 264 cm³/mol. The Morgan fingerprint density at radius 3 is 1.55 bits per heavy atom. The summed E-state index contributed by atoms with van der Waals surface area (Å²) in [6.45, 7) is 9.78. The molecule has 448 valence electrons. The fraction of sp³-hybridized carbons (Fsp3) is 0.944. The average Bonchev–Trinajstić information content (AvgIpc) is 3.41. The molecule has 4 aliphatic heterocycles. The molecule has 29 atom stereocenters. The van der Waals surface area contributed by atoms with E-state index in [1.165, 1.54) is 5.57 Å². The van der Waals surface area contributed by atoms with Gasteiger partial charge in [-0.15, -0.1) is 0 Å². The number of rotatable bonds is 13. The molecule has 0 aromatic heterocycles. The van der Waals surface area contributed by atoms with E-state index in [0.717, 1.165) is 12.8 Å². The minimum Gasteiger partial charge on any atom is -0.432 e. The lowest BCUT2D eigenvalue weighted by molar-refractivity contribution is -0.400. The van der Waals surface area contributed by atoms with Gasteiger partial charge in [-0.25, -0.2) is 0 Å². The van der Waals surface area contributed by atoms with Gasteiger partial charge in [0.1, 0.15) is 97.7 Å². The largest absolute Gasteiger partial charge is 0.432 e. The Bertz CT molecular complexity index is 2130. The zero-order chi connectivity index (χ0) is 57.0. The third-order valence-electron chi connectivity index (χ3n) is 21.6. The van der Waals surface area contributed by atoms with Crippen LogP contribution in [0.3, 0.4) is 0 Å². The number of ether oxygens (including phenoxy) is 8. The normalized spacial score (nSPS) is 54.1. The molecule has 0 amide bonds. The molecule has 8 fully saturated rings. The number of esters is 1. The number of aliphatic hydroxyl groups is 15. The van der Waals surface area contributed by atoms with Crippen LogP contribution in [0.5, 0.6) is 0 Å². The first-order valence-corrected chi connectivity index (χ1v) is 28.0. The van der Waals surface area contributed by atoms with Crippen molar-refractivity contribution in [1.82, 2.24) is 0 Å². The topological polar surface area (TPSA) is 394 Å². The van der Waals surface area contributed by atoms with Gasteiger partial charge >= 0.3 is 5.97 Å². The predicted octanol–water partition coefficient (Wildman–Crippen LogP) is -3.06. The molecule has 9 rings (SSSR count). The van der Waals surface area contributed by atoms with Crippen molar-refractivity contribution >= 4 is 5.97 Å². The maximum atomic E-state index is 14.8.